The zero-order chi connectivity index (χ0) is 14.4. The number of fused-ring (bicyclic) bond motifs is 2. The molecule has 0 aliphatic rings. The molecule has 0 unspecified atom stereocenters. The average Bonchev–Trinajstić information content (AvgIpc) is 3.09. The van der Waals surface area contributed by atoms with Crippen LogP contribution in [0.4, 0.5) is 4.39 Å². The normalized spacial score (nSPS) is 11.3. The molecule has 21 heavy (non-hydrogen) atoms. The Morgan fingerprint density at radius 1 is 1.10 bits per heavy atom. The minimum absolute atomic E-state index is 0.0759. The van der Waals surface area contributed by atoms with Gasteiger partial charge >= 0.3 is 0 Å². The highest BCUT2D eigenvalue weighted by Gasteiger charge is 2.17. The second-order valence-electron chi connectivity index (χ2n) is 4.87. The molecule has 2 aromatic carbocycles. The van der Waals surface area contributed by atoms with Crippen LogP contribution >= 0.6 is 11.3 Å². The number of thiophene rings is 1. The van der Waals surface area contributed by atoms with Crippen LogP contribution < -0.4 is 0 Å². The molecule has 0 bridgehead atoms. The zero-order valence-corrected chi connectivity index (χ0v) is 11.7. The van der Waals surface area contributed by atoms with Crippen LogP contribution in [0.1, 0.15) is 15.2 Å². The number of H-pyrrole nitrogens is 1. The van der Waals surface area contributed by atoms with Crippen molar-refractivity contribution in [3.05, 3.63) is 71.0 Å². The number of nitrogens with one attached hydrogen (secondary N) is 1. The highest BCUT2D eigenvalue weighted by molar-refractivity contribution is 7.21. The molecule has 0 aliphatic carbocycles. The maximum atomic E-state index is 13.4. The van der Waals surface area contributed by atoms with Gasteiger partial charge in [-0.2, -0.15) is 0 Å². The van der Waals surface area contributed by atoms with Crippen molar-refractivity contribution < 1.29 is 9.18 Å². The number of carbonyl (C=O) groups is 1. The fourth-order valence-corrected chi connectivity index (χ4v) is 3.52. The number of rotatable bonds is 2. The van der Waals surface area contributed by atoms with Crippen molar-refractivity contribution in [1.29, 1.82) is 0 Å². The van der Waals surface area contributed by atoms with Crippen LogP contribution in [0.2, 0.25) is 0 Å². The predicted octanol–water partition coefficient (Wildman–Crippen LogP) is 4.75. The lowest BCUT2D eigenvalue weighted by molar-refractivity contribution is 0.104. The number of benzene rings is 2. The van der Waals surface area contributed by atoms with E-state index in [0.717, 1.165) is 15.6 Å². The van der Waals surface area contributed by atoms with E-state index < -0.39 is 0 Å². The van der Waals surface area contributed by atoms with Crippen molar-refractivity contribution in [3.63, 3.8) is 0 Å². The minimum atomic E-state index is -0.340. The summed E-state index contributed by atoms with van der Waals surface area (Å²) in [6.45, 7) is 0. The van der Waals surface area contributed by atoms with Gasteiger partial charge in [0, 0.05) is 27.4 Å². The van der Waals surface area contributed by atoms with Gasteiger partial charge in [-0.15, -0.1) is 11.3 Å². The van der Waals surface area contributed by atoms with E-state index in [9.17, 15) is 9.18 Å². The first-order valence-corrected chi connectivity index (χ1v) is 7.34. The Balaban J connectivity index is 1.87. The summed E-state index contributed by atoms with van der Waals surface area (Å²) in [5, 5.41) is 1.68. The minimum Gasteiger partial charge on any atom is -0.360 e. The number of hydrogen-bond acceptors (Lipinski definition) is 2. The largest absolute Gasteiger partial charge is 0.360 e. The van der Waals surface area contributed by atoms with Crippen LogP contribution in [-0.4, -0.2) is 10.8 Å². The lowest BCUT2D eigenvalue weighted by Gasteiger charge is -1.96. The maximum Gasteiger partial charge on any atom is 0.205 e. The van der Waals surface area contributed by atoms with Crippen LogP contribution in [0.3, 0.4) is 0 Å². The molecular weight excluding hydrogens is 285 g/mol. The summed E-state index contributed by atoms with van der Waals surface area (Å²) in [6, 6.07) is 14.2. The number of aromatic amines is 1. The molecular formula is C17H10FNOS. The summed E-state index contributed by atoms with van der Waals surface area (Å²) in [5.74, 6) is -0.416. The lowest BCUT2D eigenvalue weighted by atomic mass is 10.1. The summed E-state index contributed by atoms with van der Waals surface area (Å²) >= 11 is 1.46. The van der Waals surface area contributed by atoms with Gasteiger partial charge in [0.05, 0.1) is 4.88 Å². The fourth-order valence-electron chi connectivity index (χ4n) is 2.51. The van der Waals surface area contributed by atoms with Gasteiger partial charge in [0.2, 0.25) is 5.78 Å². The second-order valence-corrected chi connectivity index (χ2v) is 5.95. The smallest absolute Gasteiger partial charge is 0.205 e. The first-order chi connectivity index (χ1) is 10.2. The van der Waals surface area contributed by atoms with E-state index in [0.29, 0.717) is 15.8 Å². The van der Waals surface area contributed by atoms with Crippen LogP contribution in [0, 0.1) is 5.82 Å². The van der Waals surface area contributed by atoms with Crippen molar-refractivity contribution in [2.45, 2.75) is 0 Å². The van der Waals surface area contributed by atoms with Crippen molar-refractivity contribution >= 4 is 38.1 Å². The lowest BCUT2D eigenvalue weighted by Crippen LogP contribution is -1.96. The van der Waals surface area contributed by atoms with Gasteiger partial charge < -0.3 is 4.98 Å². The van der Waals surface area contributed by atoms with Gasteiger partial charge in [-0.1, -0.05) is 18.2 Å². The third-order valence-electron chi connectivity index (χ3n) is 3.54. The second kappa shape index (κ2) is 4.53. The van der Waals surface area contributed by atoms with Crippen LogP contribution in [0.15, 0.2) is 54.7 Å². The number of halogens is 1. The quantitative estimate of drug-likeness (QED) is 0.532. The Bertz CT molecular complexity index is 950. The van der Waals surface area contributed by atoms with E-state index in [2.05, 4.69) is 4.98 Å². The summed E-state index contributed by atoms with van der Waals surface area (Å²) in [4.78, 5) is 16.4. The summed E-state index contributed by atoms with van der Waals surface area (Å²) in [5.41, 5.74) is 1.27. The summed E-state index contributed by atoms with van der Waals surface area (Å²) in [6.07, 6.45) is 1.65. The average molecular weight is 295 g/mol. The first-order valence-electron chi connectivity index (χ1n) is 6.52. The Morgan fingerprint density at radius 2 is 1.95 bits per heavy atom. The van der Waals surface area contributed by atoms with E-state index >= 15 is 0 Å². The summed E-state index contributed by atoms with van der Waals surface area (Å²) in [7, 11) is 0. The fraction of sp³-hybridized carbons (Fsp3) is 0. The van der Waals surface area contributed by atoms with Crippen molar-refractivity contribution in [2.75, 3.05) is 0 Å². The van der Waals surface area contributed by atoms with Gasteiger partial charge in [-0.25, -0.2) is 4.39 Å². The van der Waals surface area contributed by atoms with Crippen molar-refractivity contribution in [3.8, 4) is 0 Å². The topological polar surface area (TPSA) is 32.9 Å². The third kappa shape index (κ3) is 1.96. The molecule has 0 amide bonds. The number of hydrogen-bond donors (Lipinski definition) is 1. The van der Waals surface area contributed by atoms with Crippen molar-refractivity contribution in [1.82, 2.24) is 4.98 Å². The van der Waals surface area contributed by atoms with Crippen LogP contribution in [0.5, 0.6) is 0 Å². The molecule has 4 aromatic rings. The molecule has 0 saturated carbocycles. The Labute approximate surface area is 123 Å². The predicted molar refractivity (Wildman–Crippen MR) is 83.5 cm³/mol. The van der Waals surface area contributed by atoms with Gasteiger partial charge in [-0.3, -0.25) is 4.79 Å². The van der Waals surface area contributed by atoms with Crippen molar-refractivity contribution in [2.24, 2.45) is 0 Å². The monoisotopic (exact) mass is 295 g/mol. The first kappa shape index (κ1) is 12.3. The molecule has 2 heterocycles. The van der Waals surface area contributed by atoms with E-state index in [1.165, 1.54) is 23.5 Å². The molecule has 0 saturated heterocycles. The highest BCUT2D eigenvalue weighted by atomic mass is 32.1. The highest BCUT2D eigenvalue weighted by Crippen LogP contribution is 2.29. The molecule has 0 spiro atoms. The van der Waals surface area contributed by atoms with E-state index in [-0.39, 0.29) is 11.6 Å². The summed E-state index contributed by atoms with van der Waals surface area (Å²) < 4.78 is 14.5. The molecule has 0 fully saturated rings. The van der Waals surface area contributed by atoms with E-state index in [1.807, 2.05) is 30.3 Å². The van der Waals surface area contributed by atoms with Crippen LogP contribution in [0.25, 0.3) is 21.0 Å². The number of ketones is 1. The Morgan fingerprint density at radius 3 is 2.81 bits per heavy atom. The van der Waals surface area contributed by atoms with Gasteiger partial charge in [0.1, 0.15) is 5.82 Å². The standard InChI is InChI=1S/C17H10FNOS/c18-11-5-6-14-12(8-11)13(9-19-14)17(20)16-7-10-3-1-2-4-15(10)21-16/h1-9,19H. The molecule has 102 valence electrons. The SMILES string of the molecule is O=C(c1cc2ccccc2s1)c1c[nH]c2ccc(F)cc12. The molecule has 4 rings (SSSR count). The Hall–Kier alpha value is -2.46. The molecule has 0 aliphatic heterocycles. The van der Waals surface area contributed by atoms with E-state index in [1.54, 1.807) is 12.3 Å². The molecule has 0 atom stereocenters. The zero-order valence-electron chi connectivity index (χ0n) is 10.9. The molecule has 2 aromatic heterocycles. The Kier molecular flexibility index (Phi) is 2.65. The molecule has 4 heteroatoms. The number of aromatic nitrogens is 1. The van der Waals surface area contributed by atoms with Gasteiger partial charge in [-0.05, 0) is 35.7 Å². The molecule has 0 radical (unpaired) electrons. The molecule has 1 N–H and O–H groups in total. The molecule has 2 nitrogen and oxygen atoms in total. The van der Waals surface area contributed by atoms with E-state index in [4.69, 9.17) is 0 Å². The third-order valence-corrected chi connectivity index (χ3v) is 4.65. The van der Waals surface area contributed by atoms with Gasteiger partial charge in [0.15, 0.2) is 0 Å². The van der Waals surface area contributed by atoms with Gasteiger partial charge in [0.25, 0.3) is 0 Å². The maximum absolute atomic E-state index is 13.4. The van der Waals surface area contributed by atoms with Crippen LogP contribution in [-0.2, 0) is 0 Å². The number of carbonyl (C=O) groups excluding carboxylic acids is 1.